The van der Waals surface area contributed by atoms with Gasteiger partial charge in [-0.05, 0) is 49.9 Å². The fourth-order valence-corrected chi connectivity index (χ4v) is 3.68. The third-order valence-corrected chi connectivity index (χ3v) is 5.34. The van der Waals surface area contributed by atoms with Crippen molar-refractivity contribution in [3.05, 3.63) is 39.7 Å². The third-order valence-electron chi connectivity index (χ3n) is 5.34. The molecule has 3 rings (SSSR count). The number of carbonyl (C=O) groups excluding carboxylic acids is 1. The topological polar surface area (TPSA) is 81.0 Å². The van der Waals surface area contributed by atoms with E-state index in [1.54, 1.807) is 6.92 Å². The van der Waals surface area contributed by atoms with Crippen molar-refractivity contribution in [2.45, 2.75) is 46.1 Å². The highest BCUT2D eigenvalue weighted by atomic mass is 16.5. The minimum absolute atomic E-state index is 0.162. The molecule has 2 heterocycles. The number of morpholine rings is 1. The van der Waals surface area contributed by atoms with Gasteiger partial charge in [-0.1, -0.05) is 13.3 Å². The molecule has 1 unspecified atom stereocenters. The molecule has 1 amide bonds. The van der Waals surface area contributed by atoms with Crippen LogP contribution in [0.3, 0.4) is 0 Å². The van der Waals surface area contributed by atoms with Gasteiger partial charge in [-0.25, -0.2) is 4.79 Å². The fraction of sp³-hybridized carbons (Fsp3) is 0.565. The van der Waals surface area contributed by atoms with Crippen LogP contribution >= 0.6 is 0 Å². The molecule has 1 aromatic carbocycles. The molecule has 2 aromatic rings. The first kappa shape index (κ1) is 22.3. The fourth-order valence-electron chi connectivity index (χ4n) is 3.68. The molecule has 30 heavy (non-hydrogen) atoms. The average Bonchev–Trinajstić information content (AvgIpc) is 2.72. The number of fused-ring (bicyclic) bond motifs is 1. The van der Waals surface area contributed by atoms with Crippen LogP contribution in [0.2, 0.25) is 0 Å². The Hall–Kier alpha value is -2.38. The number of benzene rings is 1. The van der Waals surface area contributed by atoms with Crippen molar-refractivity contribution >= 4 is 16.9 Å². The second-order valence-corrected chi connectivity index (χ2v) is 7.84. The molecule has 1 aromatic heterocycles. The third kappa shape index (κ3) is 5.83. The molecule has 1 N–H and O–H groups in total. The van der Waals surface area contributed by atoms with Crippen LogP contribution < -0.4 is 15.7 Å². The Bertz CT molecular complexity index is 918. The molecule has 1 fully saturated rings. The van der Waals surface area contributed by atoms with Gasteiger partial charge in [0.1, 0.15) is 11.3 Å². The van der Waals surface area contributed by atoms with Gasteiger partial charge in [-0.15, -0.1) is 0 Å². The summed E-state index contributed by atoms with van der Waals surface area (Å²) >= 11 is 0. The quantitative estimate of drug-likeness (QED) is 0.633. The highest BCUT2D eigenvalue weighted by molar-refractivity contribution is 5.88. The second-order valence-electron chi connectivity index (χ2n) is 7.84. The number of aryl methyl sites for hydroxylation is 2. The van der Waals surface area contributed by atoms with Crippen LogP contribution in [0.1, 0.15) is 37.8 Å². The Morgan fingerprint density at radius 3 is 2.77 bits per heavy atom. The Morgan fingerprint density at radius 2 is 2.03 bits per heavy atom. The molecule has 7 heteroatoms. The lowest BCUT2D eigenvalue weighted by atomic mass is 10.0. The summed E-state index contributed by atoms with van der Waals surface area (Å²) in [6.45, 7) is 10.4. The second kappa shape index (κ2) is 10.6. The van der Waals surface area contributed by atoms with Gasteiger partial charge in [0, 0.05) is 32.2 Å². The molecule has 1 aliphatic rings. The van der Waals surface area contributed by atoms with Crippen molar-refractivity contribution in [2.75, 3.05) is 39.4 Å². The molecular weight excluding hydrogens is 384 g/mol. The summed E-state index contributed by atoms with van der Waals surface area (Å²) in [4.78, 5) is 26.8. The van der Waals surface area contributed by atoms with Gasteiger partial charge < -0.3 is 19.2 Å². The first-order valence-electron chi connectivity index (χ1n) is 10.8. The van der Waals surface area contributed by atoms with E-state index in [1.165, 1.54) is 6.07 Å². The van der Waals surface area contributed by atoms with Gasteiger partial charge >= 0.3 is 5.63 Å². The Morgan fingerprint density at radius 1 is 1.27 bits per heavy atom. The van der Waals surface area contributed by atoms with Crippen molar-refractivity contribution in [1.82, 2.24) is 10.2 Å². The molecule has 1 saturated heterocycles. The molecule has 0 saturated carbocycles. The molecule has 1 atom stereocenters. The van der Waals surface area contributed by atoms with Gasteiger partial charge in [-0.2, -0.15) is 0 Å². The maximum Gasteiger partial charge on any atom is 0.336 e. The Balaban J connectivity index is 1.71. The number of ether oxygens (including phenoxy) is 2. The largest absolute Gasteiger partial charge is 0.480 e. The van der Waals surface area contributed by atoms with E-state index in [2.05, 4.69) is 17.1 Å². The average molecular weight is 417 g/mol. The van der Waals surface area contributed by atoms with Gasteiger partial charge in [0.2, 0.25) is 0 Å². The van der Waals surface area contributed by atoms with Crippen LogP contribution in [0, 0.1) is 6.92 Å². The van der Waals surface area contributed by atoms with Crippen molar-refractivity contribution in [3.8, 4) is 5.75 Å². The molecule has 0 aliphatic carbocycles. The van der Waals surface area contributed by atoms with Crippen molar-refractivity contribution in [1.29, 1.82) is 0 Å². The summed E-state index contributed by atoms with van der Waals surface area (Å²) in [7, 11) is 0. The SMILES string of the molecule is CCCCc1cc(=O)oc2cc(C)cc(OC(C)C(=O)NCCN3CCOCC3)c12. The van der Waals surface area contributed by atoms with Crippen LogP contribution in [0.25, 0.3) is 11.0 Å². The van der Waals surface area contributed by atoms with E-state index in [9.17, 15) is 9.59 Å². The summed E-state index contributed by atoms with van der Waals surface area (Å²) < 4.78 is 16.8. The number of amides is 1. The Labute approximate surface area is 177 Å². The number of hydrogen-bond acceptors (Lipinski definition) is 6. The monoisotopic (exact) mass is 416 g/mol. The zero-order valence-electron chi connectivity index (χ0n) is 18.2. The number of nitrogens with zero attached hydrogens (tertiary/aromatic N) is 1. The van der Waals surface area contributed by atoms with Crippen molar-refractivity contribution < 1.29 is 18.7 Å². The highest BCUT2D eigenvalue weighted by Crippen LogP contribution is 2.31. The number of nitrogens with one attached hydrogen (secondary N) is 1. The van der Waals surface area contributed by atoms with Crippen molar-refractivity contribution in [3.63, 3.8) is 0 Å². The van der Waals surface area contributed by atoms with Gasteiger partial charge in [0.05, 0.1) is 18.6 Å². The maximum atomic E-state index is 12.6. The van der Waals surface area contributed by atoms with Crippen LogP contribution in [0.5, 0.6) is 5.75 Å². The van der Waals surface area contributed by atoms with Crippen LogP contribution in [0.4, 0.5) is 0 Å². The standard InChI is InChI=1S/C23H32N2O5/c1-4-5-6-18-15-21(26)30-20-14-16(2)13-19(22(18)20)29-17(3)23(27)24-7-8-25-9-11-28-12-10-25/h13-15,17H,4-12H2,1-3H3,(H,24,27). The number of unbranched alkanes of at least 4 members (excludes halogenated alkanes) is 1. The van der Waals surface area contributed by atoms with E-state index < -0.39 is 6.10 Å². The molecular formula is C23H32N2O5. The molecule has 164 valence electrons. The Kier molecular flexibility index (Phi) is 7.87. The van der Waals surface area contributed by atoms with Gasteiger partial charge in [0.25, 0.3) is 5.91 Å². The molecule has 0 spiro atoms. The lowest BCUT2D eigenvalue weighted by Gasteiger charge is -2.26. The number of rotatable bonds is 9. The highest BCUT2D eigenvalue weighted by Gasteiger charge is 2.19. The predicted octanol–water partition coefficient (Wildman–Crippen LogP) is 2.66. The van der Waals surface area contributed by atoms with Gasteiger partial charge in [-0.3, -0.25) is 9.69 Å². The first-order valence-corrected chi connectivity index (χ1v) is 10.8. The zero-order valence-corrected chi connectivity index (χ0v) is 18.2. The molecule has 0 radical (unpaired) electrons. The smallest absolute Gasteiger partial charge is 0.336 e. The maximum absolute atomic E-state index is 12.6. The summed E-state index contributed by atoms with van der Waals surface area (Å²) in [5.74, 6) is 0.418. The van der Waals surface area contributed by atoms with E-state index in [-0.39, 0.29) is 11.5 Å². The summed E-state index contributed by atoms with van der Waals surface area (Å²) in [6.07, 6.45) is 2.08. The van der Waals surface area contributed by atoms with Crippen LogP contribution in [0.15, 0.2) is 27.4 Å². The first-order chi connectivity index (χ1) is 14.5. The zero-order chi connectivity index (χ0) is 21.5. The minimum Gasteiger partial charge on any atom is -0.480 e. The van der Waals surface area contributed by atoms with E-state index >= 15 is 0 Å². The summed E-state index contributed by atoms with van der Waals surface area (Å²) in [6, 6.07) is 5.27. The van der Waals surface area contributed by atoms with E-state index in [1.807, 2.05) is 19.1 Å². The normalized spacial score (nSPS) is 15.8. The lowest BCUT2D eigenvalue weighted by molar-refractivity contribution is -0.127. The van der Waals surface area contributed by atoms with Gasteiger partial charge in [0.15, 0.2) is 6.10 Å². The molecule has 0 bridgehead atoms. The van der Waals surface area contributed by atoms with E-state index in [0.717, 1.165) is 68.6 Å². The number of carbonyl (C=O) groups is 1. The summed E-state index contributed by atoms with van der Waals surface area (Å²) in [5, 5.41) is 3.73. The van der Waals surface area contributed by atoms with E-state index in [4.69, 9.17) is 13.9 Å². The van der Waals surface area contributed by atoms with Crippen LogP contribution in [-0.4, -0.2) is 56.3 Å². The minimum atomic E-state index is -0.661. The molecule has 1 aliphatic heterocycles. The van der Waals surface area contributed by atoms with Crippen molar-refractivity contribution in [2.24, 2.45) is 0 Å². The lowest BCUT2D eigenvalue weighted by Crippen LogP contribution is -2.43. The number of hydrogen-bond donors (Lipinski definition) is 1. The van der Waals surface area contributed by atoms with Crippen LogP contribution in [-0.2, 0) is 16.0 Å². The summed E-state index contributed by atoms with van der Waals surface area (Å²) in [5.41, 5.74) is 1.95. The van der Waals surface area contributed by atoms with E-state index in [0.29, 0.717) is 17.9 Å². The molecule has 7 nitrogen and oxygen atoms in total. The predicted molar refractivity (Wildman–Crippen MR) is 116 cm³/mol.